The zero-order chi connectivity index (χ0) is 12.5. The lowest BCUT2D eigenvalue weighted by molar-refractivity contribution is 0.0676. The number of aryl methyl sites for hydroxylation is 1. The van der Waals surface area contributed by atoms with Crippen LogP contribution in [0.15, 0.2) is 6.20 Å². The molecular weight excluding hydrogens is 242 g/mol. The van der Waals surface area contributed by atoms with Gasteiger partial charge in [0.2, 0.25) is 0 Å². The van der Waals surface area contributed by atoms with Crippen molar-refractivity contribution in [1.29, 1.82) is 0 Å². The van der Waals surface area contributed by atoms with Crippen LogP contribution in [0.5, 0.6) is 0 Å². The van der Waals surface area contributed by atoms with Crippen LogP contribution >= 0.6 is 11.6 Å². The monoisotopic (exact) mass is 261 g/mol. The molecule has 1 rings (SSSR count). The average Bonchev–Trinajstić information content (AvgIpc) is 2.81. The molecule has 0 spiro atoms. The molecule has 0 radical (unpaired) electrons. The first-order chi connectivity index (χ1) is 8.27. The molecule has 1 atom stereocenters. The maximum Gasteiger partial charge on any atom is 0.100 e. The van der Waals surface area contributed by atoms with Gasteiger partial charge in [0.25, 0.3) is 0 Å². The van der Waals surface area contributed by atoms with Crippen LogP contribution in [0.2, 0.25) is 0 Å². The summed E-state index contributed by atoms with van der Waals surface area (Å²) in [6.07, 6.45) is 3.67. The fraction of sp³-hybridized carbons (Fsp3) is 0.818. The van der Waals surface area contributed by atoms with E-state index in [0.717, 1.165) is 25.1 Å². The summed E-state index contributed by atoms with van der Waals surface area (Å²) >= 11 is 6.07. The summed E-state index contributed by atoms with van der Waals surface area (Å²) in [6, 6.07) is 0. The van der Waals surface area contributed by atoms with Crippen molar-refractivity contribution in [2.45, 2.75) is 31.7 Å². The third-order valence-electron chi connectivity index (χ3n) is 2.34. The summed E-state index contributed by atoms with van der Waals surface area (Å²) in [4.78, 5) is 0. The van der Waals surface area contributed by atoms with E-state index < -0.39 is 0 Å². The van der Waals surface area contributed by atoms with Crippen LogP contribution in [0.1, 0.15) is 30.8 Å². The van der Waals surface area contributed by atoms with Crippen LogP contribution in [0.25, 0.3) is 0 Å². The second-order valence-corrected chi connectivity index (χ2v) is 4.27. The van der Waals surface area contributed by atoms with Crippen LogP contribution in [0.3, 0.4) is 0 Å². The lowest BCUT2D eigenvalue weighted by Gasteiger charge is -2.03. The first-order valence-electron chi connectivity index (χ1n) is 5.88. The fourth-order valence-electron chi connectivity index (χ4n) is 1.35. The molecule has 0 bridgehead atoms. The van der Waals surface area contributed by atoms with E-state index in [-0.39, 0.29) is 5.38 Å². The van der Waals surface area contributed by atoms with Gasteiger partial charge in [-0.2, -0.15) is 0 Å². The number of hydrogen-bond donors (Lipinski definition) is 0. The molecule has 0 aromatic carbocycles. The van der Waals surface area contributed by atoms with Gasteiger partial charge in [-0.3, -0.25) is 4.68 Å². The average molecular weight is 262 g/mol. The molecule has 17 heavy (non-hydrogen) atoms. The number of aromatic nitrogens is 3. The molecule has 1 unspecified atom stereocenters. The standard InChI is InChI=1S/C11H20ClN3O2/c1-3-10(12)11-9-15(14-13-11)5-4-6-17-8-7-16-2/h9-10H,3-8H2,1-2H3. The Morgan fingerprint density at radius 1 is 1.41 bits per heavy atom. The molecule has 0 aliphatic carbocycles. The van der Waals surface area contributed by atoms with Crippen molar-refractivity contribution < 1.29 is 9.47 Å². The summed E-state index contributed by atoms with van der Waals surface area (Å²) < 4.78 is 12.0. The Morgan fingerprint density at radius 3 is 2.94 bits per heavy atom. The number of hydrogen-bond acceptors (Lipinski definition) is 4. The number of nitrogens with zero attached hydrogens (tertiary/aromatic N) is 3. The van der Waals surface area contributed by atoms with E-state index in [1.807, 2.05) is 13.1 Å². The smallest absolute Gasteiger partial charge is 0.100 e. The van der Waals surface area contributed by atoms with Gasteiger partial charge in [-0.05, 0) is 12.8 Å². The highest BCUT2D eigenvalue weighted by Gasteiger charge is 2.09. The highest BCUT2D eigenvalue weighted by atomic mass is 35.5. The number of halogens is 1. The number of rotatable bonds is 9. The molecule has 98 valence electrons. The highest BCUT2D eigenvalue weighted by molar-refractivity contribution is 6.20. The van der Waals surface area contributed by atoms with Crippen LogP contribution in [0, 0.1) is 0 Å². The van der Waals surface area contributed by atoms with Crippen LogP contribution in [-0.4, -0.2) is 41.9 Å². The largest absolute Gasteiger partial charge is 0.382 e. The molecule has 0 aliphatic heterocycles. The minimum atomic E-state index is -0.0401. The first-order valence-corrected chi connectivity index (χ1v) is 6.32. The lowest BCUT2D eigenvalue weighted by atomic mass is 10.3. The summed E-state index contributed by atoms with van der Waals surface area (Å²) in [5.41, 5.74) is 0.842. The van der Waals surface area contributed by atoms with Gasteiger partial charge in [-0.15, -0.1) is 16.7 Å². The van der Waals surface area contributed by atoms with E-state index in [4.69, 9.17) is 21.1 Å². The van der Waals surface area contributed by atoms with Gasteiger partial charge in [0.05, 0.1) is 18.6 Å². The van der Waals surface area contributed by atoms with Crippen molar-refractivity contribution >= 4 is 11.6 Å². The van der Waals surface area contributed by atoms with E-state index in [2.05, 4.69) is 10.3 Å². The topological polar surface area (TPSA) is 49.2 Å². The Morgan fingerprint density at radius 2 is 2.24 bits per heavy atom. The molecule has 0 N–H and O–H groups in total. The second kappa shape index (κ2) is 8.44. The van der Waals surface area contributed by atoms with Gasteiger partial charge in [0.15, 0.2) is 0 Å². The second-order valence-electron chi connectivity index (χ2n) is 3.74. The molecule has 1 heterocycles. The van der Waals surface area contributed by atoms with Gasteiger partial charge in [0, 0.05) is 26.5 Å². The third-order valence-corrected chi connectivity index (χ3v) is 2.88. The van der Waals surface area contributed by atoms with Crippen molar-refractivity contribution in [2.75, 3.05) is 26.9 Å². The molecule has 1 aromatic rings. The van der Waals surface area contributed by atoms with Crippen molar-refractivity contribution in [1.82, 2.24) is 15.0 Å². The van der Waals surface area contributed by atoms with E-state index in [0.29, 0.717) is 19.8 Å². The van der Waals surface area contributed by atoms with Gasteiger partial charge in [-0.25, -0.2) is 0 Å². The van der Waals surface area contributed by atoms with Gasteiger partial charge < -0.3 is 9.47 Å². The molecule has 0 saturated heterocycles. The Balaban J connectivity index is 2.16. The van der Waals surface area contributed by atoms with Crippen LogP contribution < -0.4 is 0 Å². The molecule has 0 fully saturated rings. The lowest BCUT2D eigenvalue weighted by Crippen LogP contribution is -2.06. The maximum atomic E-state index is 6.07. The van der Waals surface area contributed by atoms with Crippen LogP contribution in [-0.2, 0) is 16.0 Å². The first kappa shape index (κ1) is 14.4. The number of alkyl halides is 1. The van der Waals surface area contributed by atoms with Gasteiger partial charge in [0.1, 0.15) is 5.69 Å². The summed E-state index contributed by atoms with van der Waals surface area (Å²) in [7, 11) is 1.66. The van der Waals surface area contributed by atoms with E-state index in [1.54, 1.807) is 11.8 Å². The highest BCUT2D eigenvalue weighted by Crippen LogP contribution is 2.20. The molecule has 5 nitrogen and oxygen atoms in total. The summed E-state index contributed by atoms with van der Waals surface area (Å²) in [5, 5.41) is 8.02. The summed E-state index contributed by atoms with van der Waals surface area (Å²) in [5.74, 6) is 0. The molecule has 1 aromatic heterocycles. The van der Waals surface area contributed by atoms with Crippen molar-refractivity contribution in [2.24, 2.45) is 0 Å². The van der Waals surface area contributed by atoms with Crippen molar-refractivity contribution in [3.8, 4) is 0 Å². The normalized spacial score (nSPS) is 12.9. The Bertz CT molecular complexity index is 307. The molecule has 0 saturated carbocycles. The Labute approximate surface area is 107 Å². The molecule has 0 amide bonds. The van der Waals surface area contributed by atoms with Crippen LogP contribution in [0.4, 0.5) is 0 Å². The van der Waals surface area contributed by atoms with E-state index in [1.165, 1.54) is 0 Å². The predicted molar refractivity (Wildman–Crippen MR) is 66.2 cm³/mol. The number of ether oxygens (including phenoxy) is 2. The fourth-order valence-corrected chi connectivity index (χ4v) is 1.45. The molecular formula is C11H20ClN3O2. The third kappa shape index (κ3) is 5.48. The predicted octanol–water partition coefficient (Wildman–Crippen LogP) is 2.02. The summed E-state index contributed by atoms with van der Waals surface area (Å²) in [6.45, 7) is 4.81. The molecule has 6 heteroatoms. The minimum Gasteiger partial charge on any atom is -0.382 e. The van der Waals surface area contributed by atoms with Crippen molar-refractivity contribution in [3.05, 3.63) is 11.9 Å². The zero-order valence-electron chi connectivity index (χ0n) is 10.4. The Hall–Kier alpha value is -0.650. The van der Waals surface area contributed by atoms with E-state index >= 15 is 0 Å². The maximum absolute atomic E-state index is 6.07. The van der Waals surface area contributed by atoms with E-state index in [9.17, 15) is 0 Å². The Kier molecular flexibility index (Phi) is 7.16. The van der Waals surface area contributed by atoms with Gasteiger partial charge in [-0.1, -0.05) is 12.1 Å². The van der Waals surface area contributed by atoms with Gasteiger partial charge >= 0.3 is 0 Å². The SMILES string of the molecule is CCC(Cl)c1cn(CCCOCCOC)nn1. The number of methoxy groups -OCH3 is 1. The zero-order valence-corrected chi connectivity index (χ0v) is 11.2. The minimum absolute atomic E-state index is 0.0401. The molecule has 0 aliphatic rings. The van der Waals surface area contributed by atoms with Crippen molar-refractivity contribution in [3.63, 3.8) is 0 Å². The quantitative estimate of drug-likeness (QED) is 0.504.